The highest BCUT2D eigenvalue weighted by Crippen LogP contribution is 2.53. The Bertz CT molecular complexity index is 269. The molecule has 3 atom stereocenters. The Labute approximate surface area is 79.6 Å². The van der Waals surface area contributed by atoms with E-state index in [2.05, 4.69) is 5.16 Å². The summed E-state index contributed by atoms with van der Waals surface area (Å²) in [4.78, 5) is 11.9. The lowest BCUT2D eigenvalue weighted by Crippen LogP contribution is -2.30. The van der Waals surface area contributed by atoms with Crippen molar-refractivity contribution >= 4 is 22.9 Å². The first-order valence-corrected chi connectivity index (χ1v) is 4.38. The Morgan fingerprint density at radius 1 is 1.46 bits per heavy atom. The second-order valence-electron chi connectivity index (χ2n) is 3.46. The minimum absolute atomic E-state index is 0.0854. The summed E-state index contributed by atoms with van der Waals surface area (Å²) in [7, 11) is 0. The molecule has 1 saturated heterocycles. The van der Waals surface area contributed by atoms with Gasteiger partial charge in [-0.2, -0.15) is 0 Å². The molecule has 2 fully saturated rings. The second-order valence-corrected chi connectivity index (χ2v) is 3.85. The van der Waals surface area contributed by atoms with E-state index in [1.54, 1.807) is 0 Å². The summed E-state index contributed by atoms with van der Waals surface area (Å²) in [6.07, 6.45) is -0.886. The second kappa shape index (κ2) is 2.77. The van der Waals surface area contributed by atoms with Crippen LogP contribution in [0.25, 0.3) is 0 Å². The van der Waals surface area contributed by atoms with Crippen molar-refractivity contribution in [2.75, 3.05) is 13.1 Å². The average molecular weight is 205 g/mol. The molecule has 72 valence electrons. The molecule has 0 spiro atoms. The third kappa shape index (κ3) is 1.23. The average Bonchev–Trinajstić information content (AvgIpc) is 2.58. The van der Waals surface area contributed by atoms with Crippen molar-refractivity contribution in [1.82, 2.24) is 4.90 Å². The number of nitrogens with zero attached hydrogens (tertiary/aromatic N) is 2. The van der Waals surface area contributed by atoms with E-state index in [0.29, 0.717) is 13.1 Å². The standard InChI is InChI=1S/C7H9ClN2O3/c8-6(9-13)5-3-1-10(7(11)12)2-4(3)5/h3-5,13H,1-2H2,(H,11,12)/b9-6-/t3-,4+,5?. The topological polar surface area (TPSA) is 73.1 Å². The Hall–Kier alpha value is -0.970. The lowest BCUT2D eigenvalue weighted by molar-refractivity contribution is 0.149. The lowest BCUT2D eigenvalue weighted by atomic mass is 10.3. The van der Waals surface area contributed by atoms with Crippen molar-refractivity contribution in [3.8, 4) is 0 Å². The molecular formula is C7H9ClN2O3. The van der Waals surface area contributed by atoms with Crippen LogP contribution in [0.4, 0.5) is 4.79 Å². The number of likely N-dealkylation sites (tertiary alicyclic amines) is 1. The highest BCUT2D eigenvalue weighted by atomic mass is 35.5. The molecule has 0 aromatic carbocycles. The maximum atomic E-state index is 10.5. The Morgan fingerprint density at radius 2 is 2.00 bits per heavy atom. The smallest absolute Gasteiger partial charge is 0.407 e. The third-order valence-corrected chi connectivity index (χ3v) is 3.16. The molecule has 5 nitrogen and oxygen atoms in total. The van der Waals surface area contributed by atoms with Crippen LogP contribution in [-0.2, 0) is 0 Å². The van der Waals surface area contributed by atoms with Gasteiger partial charge >= 0.3 is 6.09 Å². The first-order valence-electron chi connectivity index (χ1n) is 4.00. The van der Waals surface area contributed by atoms with E-state index in [0.717, 1.165) is 0 Å². The quantitative estimate of drug-likeness (QED) is 0.378. The summed E-state index contributed by atoms with van der Waals surface area (Å²) in [6, 6.07) is 0. The van der Waals surface area contributed by atoms with Gasteiger partial charge in [0, 0.05) is 19.0 Å². The number of hydrogen-bond donors (Lipinski definition) is 2. The van der Waals surface area contributed by atoms with Crippen LogP contribution in [0.3, 0.4) is 0 Å². The molecule has 1 amide bonds. The molecule has 1 saturated carbocycles. The molecule has 0 bridgehead atoms. The predicted octanol–water partition coefficient (Wildman–Crippen LogP) is 0.869. The zero-order chi connectivity index (χ0) is 9.59. The normalized spacial score (nSPS) is 37.5. The Balaban J connectivity index is 1.94. The van der Waals surface area contributed by atoms with Gasteiger partial charge in [0.2, 0.25) is 0 Å². The van der Waals surface area contributed by atoms with Gasteiger partial charge in [-0.15, -0.1) is 0 Å². The van der Waals surface area contributed by atoms with E-state index in [4.69, 9.17) is 21.9 Å². The molecule has 0 aromatic heterocycles. The van der Waals surface area contributed by atoms with Crippen LogP contribution in [0.2, 0.25) is 0 Å². The number of piperidine rings is 1. The minimum atomic E-state index is -0.886. The molecule has 0 aromatic rings. The Morgan fingerprint density at radius 3 is 2.38 bits per heavy atom. The van der Waals surface area contributed by atoms with Crippen molar-refractivity contribution in [1.29, 1.82) is 0 Å². The van der Waals surface area contributed by atoms with Gasteiger partial charge in [0.15, 0.2) is 0 Å². The van der Waals surface area contributed by atoms with Crippen LogP contribution in [-0.4, -0.2) is 39.6 Å². The fourth-order valence-corrected chi connectivity index (χ4v) is 2.43. The maximum Gasteiger partial charge on any atom is 0.407 e. The summed E-state index contributed by atoms with van der Waals surface area (Å²) in [5, 5.41) is 20.2. The highest BCUT2D eigenvalue weighted by molar-refractivity contribution is 6.66. The largest absolute Gasteiger partial charge is 0.465 e. The van der Waals surface area contributed by atoms with E-state index in [1.807, 2.05) is 0 Å². The van der Waals surface area contributed by atoms with Gasteiger partial charge in [0.05, 0.1) is 0 Å². The van der Waals surface area contributed by atoms with E-state index in [9.17, 15) is 4.79 Å². The minimum Gasteiger partial charge on any atom is -0.465 e. The number of carbonyl (C=O) groups is 1. The molecular weight excluding hydrogens is 196 g/mol. The van der Waals surface area contributed by atoms with Gasteiger partial charge in [-0.05, 0) is 11.8 Å². The highest BCUT2D eigenvalue weighted by Gasteiger charge is 2.59. The molecule has 1 heterocycles. The van der Waals surface area contributed by atoms with Gasteiger partial charge < -0.3 is 15.2 Å². The van der Waals surface area contributed by atoms with E-state index in [1.165, 1.54) is 4.90 Å². The van der Waals surface area contributed by atoms with Crippen LogP contribution < -0.4 is 0 Å². The van der Waals surface area contributed by atoms with Crippen molar-refractivity contribution in [2.45, 2.75) is 0 Å². The van der Waals surface area contributed by atoms with Gasteiger partial charge in [0.1, 0.15) is 5.17 Å². The van der Waals surface area contributed by atoms with Gasteiger partial charge in [-0.3, -0.25) is 0 Å². The number of carboxylic acid groups (broad SMARTS) is 1. The van der Waals surface area contributed by atoms with E-state index in [-0.39, 0.29) is 22.9 Å². The molecule has 13 heavy (non-hydrogen) atoms. The number of amides is 1. The summed E-state index contributed by atoms with van der Waals surface area (Å²) in [5.41, 5.74) is 0. The van der Waals surface area contributed by atoms with Crippen molar-refractivity contribution in [3.63, 3.8) is 0 Å². The molecule has 2 N–H and O–H groups in total. The summed E-state index contributed by atoms with van der Waals surface area (Å²) in [6.45, 7) is 1.02. The molecule has 2 aliphatic rings. The third-order valence-electron chi connectivity index (χ3n) is 2.84. The van der Waals surface area contributed by atoms with Crippen LogP contribution in [0.1, 0.15) is 0 Å². The molecule has 6 heteroatoms. The van der Waals surface area contributed by atoms with Crippen LogP contribution in [0.15, 0.2) is 5.16 Å². The monoisotopic (exact) mass is 204 g/mol. The van der Waals surface area contributed by atoms with Crippen molar-refractivity contribution in [2.24, 2.45) is 22.9 Å². The fraction of sp³-hybridized carbons (Fsp3) is 0.714. The molecule has 1 aliphatic heterocycles. The van der Waals surface area contributed by atoms with Gasteiger partial charge in [-0.1, -0.05) is 16.8 Å². The van der Waals surface area contributed by atoms with Crippen molar-refractivity contribution in [3.05, 3.63) is 0 Å². The van der Waals surface area contributed by atoms with E-state index >= 15 is 0 Å². The number of fused-ring (bicyclic) bond motifs is 1. The van der Waals surface area contributed by atoms with Crippen LogP contribution >= 0.6 is 11.6 Å². The van der Waals surface area contributed by atoms with E-state index < -0.39 is 6.09 Å². The number of halogens is 1. The maximum absolute atomic E-state index is 10.5. The fourth-order valence-electron chi connectivity index (χ4n) is 2.10. The predicted molar refractivity (Wildman–Crippen MR) is 45.1 cm³/mol. The molecule has 2 rings (SSSR count). The van der Waals surface area contributed by atoms with Crippen molar-refractivity contribution < 1.29 is 15.1 Å². The zero-order valence-electron chi connectivity index (χ0n) is 6.72. The molecule has 0 radical (unpaired) electrons. The number of oxime groups is 1. The molecule has 1 unspecified atom stereocenters. The summed E-state index contributed by atoms with van der Waals surface area (Å²) >= 11 is 5.63. The summed E-state index contributed by atoms with van der Waals surface area (Å²) < 4.78 is 0. The van der Waals surface area contributed by atoms with Crippen LogP contribution in [0.5, 0.6) is 0 Å². The first-order chi connectivity index (χ1) is 6.15. The summed E-state index contributed by atoms with van der Waals surface area (Å²) in [5.74, 6) is 0.612. The number of hydrogen-bond acceptors (Lipinski definition) is 3. The lowest BCUT2D eigenvalue weighted by Gasteiger charge is -2.14. The number of rotatable bonds is 1. The SMILES string of the molecule is O=C(O)N1C[C@@H]2C(/C(Cl)=N/O)[C@@H]2C1. The van der Waals surface area contributed by atoms with Gasteiger partial charge in [0.25, 0.3) is 0 Å². The van der Waals surface area contributed by atoms with Gasteiger partial charge in [-0.25, -0.2) is 4.79 Å². The zero-order valence-corrected chi connectivity index (χ0v) is 7.48. The molecule has 1 aliphatic carbocycles. The van der Waals surface area contributed by atoms with Crippen LogP contribution in [0, 0.1) is 17.8 Å². The Kier molecular flexibility index (Phi) is 1.83. The first kappa shape index (κ1) is 8.62.